The van der Waals surface area contributed by atoms with Gasteiger partial charge in [-0.3, -0.25) is 0 Å². The number of nitrogens with zero attached hydrogens (tertiary/aromatic N) is 4. The molecule has 2 aromatic heterocycles. The summed E-state index contributed by atoms with van der Waals surface area (Å²) in [5.74, 6) is -0.850. The summed E-state index contributed by atoms with van der Waals surface area (Å²) >= 11 is 0. The maximum atomic E-state index is 6.14. The van der Waals surface area contributed by atoms with Gasteiger partial charge in [0.05, 0.1) is 19.8 Å². The number of rotatable bonds is 3. The van der Waals surface area contributed by atoms with E-state index in [9.17, 15) is 0 Å². The molecule has 1 fully saturated rings. The van der Waals surface area contributed by atoms with Crippen molar-refractivity contribution in [2.75, 3.05) is 26.8 Å². The third kappa shape index (κ3) is 2.76. The zero-order chi connectivity index (χ0) is 18.4. The van der Waals surface area contributed by atoms with Gasteiger partial charge < -0.3 is 18.9 Å². The first-order chi connectivity index (χ1) is 13.2. The van der Waals surface area contributed by atoms with Crippen molar-refractivity contribution in [1.29, 1.82) is 0 Å². The van der Waals surface area contributed by atoms with Gasteiger partial charge in [-0.25, -0.2) is 9.97 Å². The first-order valence-corrected chi connectivity index (χ1v) is 9.50. The van der Waals surface area contributed by atoms with Crippen molar-refractivity contribution in [3.05, 3.63) is 59.3 Å². The molecule has 1 aromatic carbocycles. The summed E-state index contributed by atoms with van der Waals surface area (Å²) in [6, 6.07) is 8.60. The standard InChI is InChI=1S/C21H24N4O2/c1-15-3-4-18-16(11-15)17-12-24(2)8-6-19(17)25(18)13-21(26-9-10-27-21)20-5-7-22-14-23-20/h3-5,7,11,14H,6,8-10,12-13H2,1-2H3. The third-order valence-corrected chi connectivity index (χ3v) is 5.69. The molecule has 0 unspecified atom stereocenters. The van der Waals surface area contributed by atoms with Crippen LogP contribution in [0.2, 0.25) is 0 Å². The van der Waals surface area contributed by atoms with E-state index in [0.717, 1.165) is 25.2 Å². The first-order valence-electron chi connectivity index (χ1n) is 9.50. The molecule has 1 saturated heterocycles. The Kier molecular flexibility index (Phi) is 4.00. The van der Waals surface area contributed by atoms with Gasteiger partial charge in [0.1, 0.15) is 12.0 Å². The monoisotopic (exact) mass is 364 g/mol. The van der Waals surface area contributed by atoms with Crippen LogP contribution in [0.5, 0.6) is 0 Å². The summed E-state index contributed by atoms with van der Waals surface area (Å²) < 4.78 is 14.7. The zero-order valence-electron chi connectivity index (χ0n) is 15.8. The molecule has 2 aliphatic rings. The molecule has 0 aliphatic carbocycles. The average molecular weight is 364 g/mol. The molecule has 0 amide bonds. The number of hydrogen-bond donors (Lipinski definition) is 0. The fourth-order valence-corrected chi connectivity index (χ4v) is 4.38. The molecule has 0 N–H and O–H groups in total. The van der Waals surface area contributed by atoms with Gasteiger partial charge in [0.15, 0.2) is 0 Å². The quantitative estimate of drug-likeness (QED) is 0.715. The number of fused-ring (bicyclic) bond motifs is 3. The van der Waals surface area contributed by atoms with E-state index in [1.54, 1.807) is 12.5 Å². The summed E-state index contributed by atoms with van der Waals surface area (Å²) in [5.41, 5.74) is 6.13. The smallest absolute Gasteiger partial charge is 0.231 e. The Bertz CT molecular complexity index is 977. The number of likely N-dealkylation sites (N-methyl/N-ethyl adjacent to an activating group) is 1. The average Bonchev–Trinajstić information content (AvgIpc) is 3.27. The second kappa shape index (κ2) is 6.41. The van der Waals surface area contributed by atoms with Crippen LogP contribution in [0, 0.1) is 6.92 Å². The Balaban J connectivity index is 1.67. The van der Waals surface area contributed by atoms with Gasteiger partial charge >= 0.3 is 0 Å². The van der Waals surface area contributed by atoms with E-state index in [4.69, 9.17) is 9.47 Å². The second-order valence-electron chi connectivity index (χ2n) is 7.56. The van der Waals surface area contributed by atoms with Crippen molar-refractivity contribution in [2.45, 2.75) is 32.2 Å². The Morgan fingerprint density at radius 2 is 2.04 bits per heavy atom. The number of benzene rings is 1. The van der Waals surface area contributed by atoms with Crippen molar-refractivity contribution >= 4 is 10.9 Å². The van der Waals surface area contributed by atoms with E-state index in [-0.39, 0.29) is 0 Å². The van der Waals surface area contributed by atoms with Crippen LogP contribution in [-0.4, -0.2) is 46.2 Å². The number of aromatic nitrogens is 3. The summed E-state index contributed by atoms with van der Waals surface area (Å²) in [4.78, 5) is 10.9. The molecule has 6 heteroatoms. The van der Waals surface area contributed by atoms with Crippen LogP contribution in [0.4, 0.5) is 0 Å². The highest BCUT2D eigenvalue weighted by Gasteiger charge is 2.42. The summed E-state index contributed by atoms with van der Waals surface area (Å²) in [6.45, 7) is 5.94. The molecule has 5 rings (SSSR count). The number of aryl methyl sites for hydroxylation is 1. The Morgan fingerprint density at radius 3 is 2.81 bits per heavy atom. The Labute approximate surface area is 158 Å². The van der Waals surface area contributed by atoms with Gasteiger partial charge in [0.2, 0.25) is 5.79 Å². The molecular formula is C21H24N4O2. The fourth-order valence-electron chi connectivity index (χ4n) is 4.38. The minimum Gasteiger partial charge on any atom is -0.341 e. The molecule has 2 aliphatic heterocycles. The molecule has 0 atom stereocenters. The Morgan fingerprint density at radius 1 is 1.19 bits per heavy atom. The fraction of sp³-hybridized carbons (Fsp3) is 0.429. The van der Waals surface area contributed by atoms with Gasteiger partial charge in [-0.15, -0.1) is 0 Å². The second-order valence-corrected chi connectivity index (χ2v) is 7.56. The van der Waals surface area contributed by atoms with Crippen molar-refractivity contribution in [3.8, 4) is 0 Å². The predicted octanol–water partition coefficient (Wildman–Crippen LogP) is 2.63. The molecule has 0 radical (unpaired) electrons. The van der Waals surface area contributed by atoms with Crippen molar-refractivity contribution in [3.63, 3.8) is 0 Å². The maximum absolute atomic E-state index is 6.14. The molecular weight excluding hydrogens is 340 g/mol. The van der Waals surface area contributed by atoms with Gasteiger partial charge in [-0.05, 0) is 37.7 Å². The van der Waals surface area contributed by atoms with Crippen LogP contribution < -0.4 is 0 Å². The molecule has 3 aromatic rings. The maximum Gasteiger partial charge on any atom is 0.231 e. The first kappa shape index (κ1) is 16.9. The molecule has 6 nitrogen and oxygen atoms in total. The van der Waals surface area contributed by atoms with E-state index < -0.39 is 5.79 Å². The SMILES string of the molecule is Cc1ccc2c(c1)c1c(n2CC2(c3ccncn3)OCCO2)CCN(C)C1. The molecule has 27 heavy (non-hydrogen) atoms. The minimum atomic E-state index is -0.850. The summed E-state index contributed by atoms with van der Waals surface area (Å²) in [7, 11) is 2.19. The van der Waals surface area contributed by atoms with Gasteiger partial charge in [0.25, 0.3) is 0 Å². The van der Waals surface area contributed by atoms with Crippen molar-refractivity contribution in [1.82, 2.24) is 19.4 Å². The minimum absolute atomic E-state index is 0.577. The third-order valence-electron chi connectivity index (χ3n) is 5.69. The van der Waals surface area contributed by atoms with Crippen LogP contribution in [0.15, 0.2) is 36.8 Å². The molecule has 0 spiro atoms. The van der Waals surface area contributed by atoms with Gasteiger partial charge in [-0.2, -0.15) is 0 Å². The molecule has 4 heterocycles. The lowest BCUT2D eigenvalue weighted by molar-refractivity contribution is -0.178. The van der Waals surface area contributed by atoms with Crippen molar-refractivity contribution in [2.24, 2.45) is 0 Å². The lowest BCUT2D eigenvalue weighted by Gasteiger charge is -2.30. The molecule has 140 valence electrons. The molecule has 0 bridgehead atoms. The molecule has 0 saturated carbocycles. The van der Waals surface area contributed by atoms with Crippen LogP contribution in [-0.2, 0) is 34.8 Å². The number of ether oxygens (including phenoxy) is 2. The summed E-state index contributed by atoms with van der Waals surface area (Å²) in [5, 5.41) is 1.34. The number of hydrogen-bond acceptors (Lipinski definition) is 5. The van der Waals surface area contributed by atoms with E-state index >= 15 is 0 Å². The van der Waals surface area contributed by atoms with E-state index in [1.807, 2.05) is 6.07 Å². The van der Waals surface area contributed by atoms with E-state index in [0.29, 0.717) is 19.8 Å². The predicted molar refractivity (Wildman–Crippen MR) is 102 cm³/mol. The van der Waals surface area contributed by atoms with Crippen LogP contribution in [0.1, 0.15) is 22.5 Å². The normalized spacial score (nSPS) is 19.5. The van der Waals surface area contributed by atoms with Crippen LogP contribution >= 0.6 is 0 Å². The van der Waals surface area contributed by atoms with Gasteiger partial charge in [0, 0.05) is 42.3 Å². The highest BCUT2D eigenvalue weighted by molar-refractivity contribution is 5.86. The summed E-state index contributed by atoms with van der Waals surface area (Å²) in [6.07, 6.45) is 4.33. The topological polar surface area (TPSA) is 52.4 Å². The Hall–Kier alpha value is -2.28. The lowest BCUT2D eigenvalue weighted by Crippen LogP contribution is -2.35. The highest BCUT2D eigenvalue weighted by Crippen LogP contribution is 2.37. The lowest BCUT2D eigenvalue weighted by atomic mass is 10.0. The highest BCUT2D eigenvalue weighted by atomic mass is 16.7. The van der Waals surface area contributed by atoms with Crippen LogP contribution in [0.3, 0.4) is 0 Å². The van der Waals surface area contributed by atoms with Gasteiger partial charge in [-0.1, -0.05) is 11.6 Å². The largest absolute Gasteiger partial charge is 0.341 e. The van der Waals surface area contributed by atoms with E-state index in [1.165, 1.54) is 27.7 Å². The van der Waals surface area contributed by atoms with Crippen molar-refractivity contribution < 1.29 is 9.47 Å². The zero-order valence-corrected chi connectivity index (χ0v) is 15.8. The van der Waals surface area contributed by atoms with Crippen LogP contribution in [0.25, 0.3) is 10.9 Å². The van der Waals surface area contributed by atoms with E-state index in [2.05, 4.69) is 51.6 Å².